The van der Waals surface area contributed by atoms with Crippen molar-refractivity contribution in [1.82, 2.24) is 0 Å². The maximum atomic E-state index is 12.4. The highest BCUT2D eigenvalue weighted by molar-refractivity contribution is 9.10. The van der Waals surface area contributed by atoms with E-state index in [1.54, 1.807) is 6.07 Å². The van der Waals surface area contributed by atoms with Gasteiger partial charge in [-0.15, -0.1) is 0 Å². The van der Waals surface area contributed by atoms with Crippen LogP contribution in [0.5, 0.6) is 0 Å². The molecule has 16 heavy (non-hydrogen) atoms. The maximum absolute atomic E-state index is 12.4. The predicted molar refractivity (Wildman–Crippen MR) is 61.8 cm³/mol. The molecule has 2 unspecified atom stereocenters. The SMILES string of the molecule is CC1C(=O)C1C.Nc1ccc(Br)cc1F.[Cl-]. The molecule has 0 spiro atoms. The van der Waals surface area contributed by atoms with Crippen LogP contribution < -0.4 is 18.1 Å². The molecule has 1 aliphatic rings. The molecule has 1 saturated carbocycles. The van der Waals surface area contributed by atoms with Gasteiger partial charge in [0.1, 0.15) is 11.6 Å². The summed E-state index contributed by atoms with van der Waals surface area (Å²) in [6.45, 7) is 3.93. The zero-order chi connectivity index (χ0) is 11.6. The first-order valence-electron chi connectivity index (χ1n) is 4.67. The van der Waals surface area contributed by atoms with Gasteiger partial charge in [0, 0.05) is 16.3 Å². The van der Waals surface area contributed by atoms with E-state index in [2.05, 4.69) is 15.9 Å². The number of hydrogen-bond donors (Lipinski definition) is 1. The van der Waals surface area contributed by atoms with E-state index < -0.39 is 0 Å². The van der Waals surface area contributed by atoms with E-state index in [0.717, 1.165) is 0 Å². The van der Waals surface area contributed by atoms with Crippen LogP contribution in [0.15, 0.2) is 22.7 Å². The minimum atomic E-state index is -0.385. The van der Waals surface area contributed by atoms with Crippen LogP contribution in [-0.4, -0.2) is 5.78 Å². The third kappa shape index (κ3) is 4.10. The fourth-order valence-electron chi connectivity index (χ4n) is 1.03. The van der Waals surface area contributed by atoms with Crippen LogP contribution in [0.4, 0.5) is 10.1 Å². The monoisotopic (exact) mass is 308 g/mol. The number of nitrogen functional groups attached to an aromatic ring is 1. The van der Waals surface area contributed by atoms with Gasteiger partial charge in [-0.05, 0) is 18.2 Å². The van der Waals surface area contributed by atoms with E-state index in [4.69, 9.17) is 5.73 Å². The predicted octanol–water partition coefficient (Wildman–Crippen LogP) is 0.0157. The smallest absolute Gasteiger partial charge is 0.147 e. The Labute approximate surface area is 109 Å². The maximum Gasteiger partial charge on any atom is 0.147 e. The molecular formula is C11H13BrClFNO-. The summed E-state index contributed by atoms with van der Waals surface area (Å²) in [6.07, 6.45) is 0. The minimum absolute atomic E-state index is 0. The Kier molecular flexibility index (Phi) is 5.97. The number of halogens is 3. The Bertz CT molecular complexity index is 376. The van der Waals surface area contributed by atoms with Crippen LogP contribution in [-0.2, 0) is 4.79 Å². The van der Waals surface area contributed by atoms with E-state index in [-0.39, 0.29) is 23.9 Å². The summed E-state index contributed by atoms with van der Waals surface area (Å²) in [5.74, 6) is 0.800. The first-order valence-corrected chi connectivity index (χ1v) is 5.47. The number of ketones is 1. The second kappa shape index (κ2) is 6.21. The molecule has 0 aromatic heterocycles. The molecule has 90 valence electrons. The Hall–Kier alpha value is -0.610. The van der Waals surface area contributed by atoms with Crippen molar-refractivity contribution in [2.75, 3.05) is 5.73 Å². The Morgan fingerprint density at radius 1 is 1.31 bits per heavy atom. The molecule has 5 heteroatoms. The summed E-state index contributed by atoms with van der Waals surface area (Å²) in [5, 5.41) is 0. The first kappa shape index (κ1) is 15.4. The number of carbonyl (C=O) groups is 1. The molecule has 0 aliphatic heterocycles. The Balaban J connectivity index is 0.000000283. The normalized spacial score (nSPS) is 21.6. The van der Waals surface area contributed by atoms with Crippen LogP contribution in [0.2, 0.25) is 0 Å². The molecule has 1 aromatic carbocycles. The number of benzene rings is 1. The van der Waals surface area contributed by atoms with Gasteiger partial charge in [0.15, 0.2) is 0 Å². The van der Waals surface area contributed by atoms with Gasteiger partial charge >= 0.3 is 0 Å². The van der Waals surface area contributed by atoms with E-state index in [0.29, 0.717) is 22.1 Å². The Morgan fingerprint density at radius 3 is 2.00 bits per heavy atom. The number of anilines is 1. The lowest BCUT2D eigenvalue weighted by atomic mass is 10.3. The quantitative estimate of drug-likeness (QED) is 0.687. The van der Waals surface area contributed by atoms with E-state index >= 15 is 0 Å². The number of rotatable bonds is 0. The van der Waals surface area contributed by atoms with Gasteiger partial charge in [-0.3, -0.25) is 4.79 Å². The van der Waals surface area contributed by atoms with Crippen molar-refractivity contribution in [3.63, 3.8) is 0 Å². The molecule has 0 heterocycles. The van der Waals surface area contributed by atoms with Crippen molar-refractivity contribution in [3.05, 3.63) is 28.5 Å². The van der Waals surface area contributed by atoms with Crippen LogP contribution >= 0.6 is 15.9 Å². The molecule has 1 fully saturated rings. The number of hydrogen-bond acceptors (Lipinski definition) is 2. The van der Waals surface area contributed by atoms with E-state index in [9.17, 15) is 9.18 Å². The topological polar surface area (TPSA) is 43.1 Å². The van der Waals surface area contributed by atoms with E-state index in [1.807, 2.05) is 13.8 Å². The van der Waals surface area contributed by atoms with Crippen molar-refractivity contribution >= 4 is 27.4 Å². The summed E-state index contributed by atoms with van der Waals surface area (Å²) in [5.41, 5.74) is 5.37. The second-order valence-corrected chi connectivity index (χ2v) is 4.56. The van der Waals surface area contributed by atoms with Crippen molar-refractivity contribution in [3.8, 4) is 0 Å². The lowest BCUT2D eigenvalue weighted by molar-refractivity contribution is -0.111. The van der Waals surface area contributed by atoms with Gasteiger partial charge in [0.25, 0.3) is 0 Å². The second-order valence-electron chi connectivity index (χ2n) is 3.65. The number of nitrogens with two attached hydrogens (primary N) is 1. The highest BCUT2D eigenvalue weighted by atomic mass is 79.9. The molecule has 1 aliphatic carbocycles. The molecule has 2 N–H and O–H groups in total. The standard InChI is InChI=1S/C6H5BrFN.C5H8O.ClH/c7-4-1-2-6(9)5(8)3-4;1-3-4(2)5(3)6;/h1-3H,9H2;3-4H,1-2H3;1H/p-1. The van der Waals surface area contributed by atoms with Crippen LogP contribution in [0.1, 0.15) is 13.8 Å². The van der Waals surface area contributed by atoms with Gasteiger partial charge in [-0.1, -0.05) is 29.8 Å². The van der Waals surface area contributed by atoms with Crippen molar-refractivity contribution < 1.29 is 21.6 Å². The summed E-state index contributed by atoms with van der Waals surface area (Å²) in [4.78, 5) is 10.2. The van der Waals surface area contributed by atoms with E-state index in [1.165, 1.54) is 12.1 Å². The van der Waals surface area contributed by atoms with Gasteiger partial charge in [0.05, 0.1) is 5.69 Å². The van der Waals surface area contributed by atoms with Crippen LogP contribution in [0, 0.1) is 17.7 Å². The molecular weight excluding hydrogens is 296 g/mol. The van der Waals surface area contributed by atoms with Crippen molar-refractivity contribution in [1.29, 1.82) is 0 Å². The lowest BCUT2D eigenvalue weighted by Gasteiger charge is -1.93. The highest BCUT2D eigenvalue weighted by Crippen LogP contribution is 2.31. The highest BCUT2D eigenvalue weighted by Gasteiger charge is 2.40. The van der Waals surface area contributed by atoms with Gasteiger partial charge in [-0.25, -0.2) is 4.39 Å². The van der Waals surface area contributed by atoms with Crippen LogP contribution in [0.25, 0.3) is 0 Å². The molecule has 1 aromatic rings. The molecule has 0 saturated heterocycles. The summed E-state index contributed by atoms with van der Waals surface area (Å²) >= 11 is 3.10. The minimum Gasteiger partial charge on any atom is -1.00 e. The molecule has 0 bridgehead atoms. The average molecular weight is 310 g/mol. The lowest BCUT2D eigenvalue weighted by Crippen LogP contribution is -3.00. The average Bonchev–Trinajstić information content (AvgIpc) is 2.70. The molecule has 0 amide bonds. The fourth-order valence-corrected chi connectivity index (χ4v) is 1.36. The third-order valence-electron chi connectivity index (χ3n) is 2.50. The zero-order valence-electron chi connectivity index (χ0n) is 9.01. The molecule has 2 atom stereocenters. The first-order chi connectivity index (χ1) is 6.93. The van der Waals surface area contributed by atoms with Gasteiger partial charge in [-0.2, -0.15) is 0 Å². The van der Waals surface area contributed by atoms with Gasteiger partial charge in [0.2, 0.25) is 0 Å². The van der Waals surface area contributed by atoms with Crippen molar-refractivity contribution in [2.24, 2.45) is 11.8 Å². The Morgan fingerprint density at radius 2 is 1.75 bits per heavy atom. The van der Waals surface area contributed by atoms with Gasteiger partial charge < -0.3 is 18.1 Å². The molecule has 0 radical (unpaired) electrons. The van der Waals surface area contributed by atoms with Crippen LogP contribution in [0.3, 0.4) is 0 Å². The molecule has 2 nitrogen and oxygen atoms in total. The summed E-state index contributed by atoms with van der Waals surface area (Å²) in [7, 11) is 0. The van der Waals surface area contributed by atoms with Crippen molar-refractivity contribution in [2.45, 2.75) is 13.8 Å². The number of carbonyl (C=O) groups excluding carboxylic acids is 1. The zero-order valence-corrected chi connectivity index (χ0v) is 11.3. The number of Topliss-reactive ketones (excluding diaryl/α,β-unsaturated/α-hetero) is 1. The third-order valence-corrected chi connectivity index (χ3v) is 2.99. The fraction of sp³-hybridized carbons (Fsp3) is 0.364. The summed E-state index contributed by atoms with van der Waals surface area (Å²) < 4.78 is 13.1. The largest absolute Gasteiger partial charge is 1.00 e. The molecule has 2 rings (SSSR count). The summed E-state index contributed by atoms with van der Waals surface area (Å²) in [6, 6.07) is 4.53.